The zero-order valence-corrected chi connectivity index (χ0v) is 15.3. The maximum Gasteiger partial charge on any atom is 0.287 e. The minimum Gasteiger partial charge on any atom is -0.449 e. The van der Waals surface area contributed by atoms with Gasteiger partial charge in [-0.05, 0) is 24.3 Å². The van der Waals surface area contributed by atoms with Crippen LogP contribution in [0, 0.1) is 0 Å². The second-order valence-electron chi connectivity index (χ2n) is 5.86. The molecule has 0 fully saturated rings. The van der Waals surface area contributed by atoms with E-state index >= 15 is 0 Å². The maximum absolute atomic E-state index is 12.5. The highest BCUT2D eigenvalue weighted by atomic mass is 32.2. The molecule has 3 aromatic heterocycles. The largest absolute Gasteiger partial charge is 0.449 e. The molecule has 9 heteroatoms. The van der Waals surface area contributed by atoms with E-state index in [9.17, 15) is 13.2 Å². The van der Waals surface area contributed by atoms with Crippen molar-refractivity contribution in [3.05, 3.63) is 78.8 Å². The molecule has 28 heavy (non-hydrogen) atoms. The first-order chi connectivity index (χ1) is 13.5. The number of carbonyl (C=O) groups excluding carboxylic acids is 1. The van der Waals surface area contributed by atoms with Crippen molar-refractivity contribution in [2.24, 2.45) is 0 Å². The number of aromatic nitrogens is 3. The van der Waals surface area contributed by atoms with Crippen LogP contribution in [0.1, 0.15) is 16.4 Å². The molecule has 0 atom stereocenters. The number of benzene rings is 1. The van der Waals surface area contributed by atoms with Crippen molar-refractivity contribution in [1.29, 1.82) is 0 Å². The van der Waals surface area contributed by atoms with Crippen LogP contribution in [0.4, 0.5) is 0 Å². The number of carbonyl (C=O) groups is 1. The van der Waals surface area contributed by atoms with Gasteiger partial charge < -0.3 is 9.73 Å². The van der Waals surface area contributed by atoms with Gasteiger partial charge in [0.2, 0.25) is 9.84 Å². The predicted molar refractivity (Wildman–Crippen MR) is 99.1 cm³/mol. The molecule has 0 saturated heterocycles. The Morgan fingerprint density at radius 1 is 1.00 bits per heavy atom. The first-order valence-electron chi connectivity index (χ1n) is 8.27. The lowest BCUT2D eigenvalue weighted by Gasteiger charge is -2.05. The number of hydrogen-bond donors (Lipinski definition) is 1. The third-order valence-corrected chi connectivity index (χ3v) is 5.72. The van der Waals surface area contributed by atoms with Crippen LogP contribution in [-0.2, 0) is 16.4 Å². The molecular formula is C19H14N4O4S. The molecule has 4 rings (SSSR count). The molecule has 1 aromatic carbocycles. The van der Waals surface area contributed by atoms with Crippen molar-refractivity contribution >= 4 is 26.7 Å². The van der Waals surface area contributed by atoms with Crippen molar-refractivity contribution < 1.29 is 17.6 Å². The van der Waals surface area contributed by atoms with Crippen LogP contribution >= 0.6 is 0 Å². The molecule has 0 aliphatic heterocycles. The summed E-state index contributed by atoms with van der Waals surface area (Å²) in [4.78, 5) is 24.4. The van der Waals surface area contributed by atoms with Gasteiger partial charge in [-0.25, -0.2) is 18.4 Å². The summed E-state index contributed by atoms with van der Waals surface area (Å²) in [7, 11) is -3.68. The first-order valence-corrected chi connectivity index (χ1v) is 9.75. The summed E-state index contributed by atoms with van der Waals surface area (Å²) in [6.07, 6.45) is 5.59. The highest BCUT2D eigenvalue weighted by molar-refractivity contribution is 7.91. The van der Waals surface area contributed by atoms with Gasteiger partial charge in [-0.2, -0.15) is 0 Å². The average Bonchev–Trinajstić information content (AvgIpc) is 3.17. The topological polar surface area (TPSA) is 115 Å². The number of hydrogen-bond acceptors (Lipinski definition) is 7. The number of nitrogens with zero attached hydrogens (tertiary/aromatic N) is 3. The molecule has 0 spiro atoms. The molecule has 3 heterocycles. The maximum atomic E-state index is 12.5. The number of furan rings is 1. The van der Waals surface area contributed by atoms with Crippen molar-refractivity contribution in [2.75, 3.05) is 0 Å². The standard InChI is InChI=1S/C19H14N4O4S/c24-19(16-8-13-6-7-20-11-17(13)27-16)23-12-18-21-9-15(10-22-18)28(25,26)14-4-2-1-3-5-14/h1-11H,12H2,(H,23,24). The fourth-order valence-electron chi connectivity index (χ4n) is 2.55. The summed E-state index contributed by atoms with van der Waals surface area (Å²) in [5.74, 6) is -0.00908. The summed E-state index contributed by atoms with van der Waals surface area (Å²) in [5.41, 5.74) is 0.513. The van der Waals surface area contributed by atoms with E-state index in [1.165, 1.54) is 30.7 Å². The van der Waals surface area contributed by atoms with Gasteiger partial charge in [0.1, 0.15) is 10.7 Å². The molecule has 0 saturated carbocycles. The van der Waals surface area contributed by atoms with E-state index in [1.807, 2.05) is 0 Å². The van der Waals surface area contributed by atoms with Crippen LogP contribution < -0.4 is 5.32 Å². The Morgan fingerprint density at radius 2 is 1.75 bits per heavy atom. The Labute approximate surface area is 160 Å². The molecule has 0 unspecified atom stereocenters. The van der Waals surface area contributed by atoms with Crippen LogP contribution in [0.5, 0.6) is 0 Å². The van der Waals surface area contributed by atoms with Gasteiger partial charge in [-0.15, -0.1) is 0 Å². The molecule has 0 radical (unpaired) electrons. The van der Waals surface area contributed by atoms with Gasteiger partial charge in [0, 0.05) is 24.0 Å². The zero-order chi connectivity index (χ0) is 19.6. The van der Waals surface area contributed by atoms with Crippen molar-refractivity contribution in [3.8, 4) is 0 Å². The Bertz CT molecular complexity index is 1200. The molecule has 0 aliphatic rings. The van der Waals surface area contributed by atoms with E-state index < -0.39 is 15.7 Å². The fraction of sp³-hybridized carbons (Fsp3) is 0.0526. The second kappa shape index (κ2) is 7.20. The number of fused-ring (bicyclic) bond motifs is 1. The summed E-state index contributed by atoms with van der Waals surface area (Å²) < 4.78 is 30.5. The molecule has 8 nitrogen and oxygen atoms in total. The van der Waals surface area contributed by atoms with E-state index in [2.05, 4.69) is 20.3 Å². The van der Waals surface area contributed by atoms with Gasteiger partial charge in [0.15, 0.2) is 11.3 Å². The van der Waals surface area contributed by atoms with E-state index in [0.717, 1.165) is 5.39 Å². The lowest BCUT2D eigenvalue weighted by atomic mass is 10.3. The summed E-state index contributed by atoms with van der Waals surface area (Å²) in [6.45, 7) is 0.0276. The highest BCUT2D eigenvalue weighted by Crippen LogP contribution is 2.19. The molecular weight excluding hydrogens is 380 g/mol. The Morgan fingerprint density at radius 3 is 2.46 bits per heavy atom. The van der Waals surface area contributed by atoms with E-state index in [0.29, 0.717) is 5.58 Å². The Balaban J connectivity index is 1.45. The van der Waals surface area contributed by atoms with Crippen LogP contribution in [0.15, 0.2) is 81.5 Å². The molecule has 140 valence electrons. The molecule has 0 aliphatic carbocycles. The average molecular weight is 394 g/mol. The normalized spacial score (nSPS) is 11.4. The first kappa shape index (κ1) is 17.8. The van der Waals surface area contributed by atoms with Crippen LogP contribution in [0.2, 0.25) is 0 Å². The summed E-state index contributed by atoms with van der Waals surface area (Å²) in [6, 6.07) is 11.4. The number of rotatable bonds is 5. The predicted octanol–water partition coefficient (Wildman–Crippen LogP) is 2.38. The minimum absolute atomic E-state index is 0.0152. The van der Waals surface area contributed by atoms with E-state index in [1.54, 1.807) is 36.5 Å². The lowest BCUT2D eigenvalue weighted by molar-refractivity contribution is 0.0924. The zero-order valence-electron chi connectivity index (χ0n) is 14.4. The summed E-state index contributed by atoms with van der Waals surface area (Å²) >= 11 is 0. The van der Waals surface area contributed by atoms with Crippen LogP contribution in [-0.4, -0.2) is 29.3 Å². The third-order valence-electron chi connectivity index (χ3n) is 4.00. The van der Waals surface area contributed by atoms with Crippen molar-refractivity contribution in [3.63, 3.8) is 0 Å². The SMILES string of the molecule is O=C(NCc1ncc(S(=O)(=O)c2ccccc2)cn1)c1cc2ccncc2o1. The van der Waals surface area contributed by atoms with Crippen LogP contribution in [0.25, 0.3) is 11.0 Å². The van der Waals surface area contributed by atoms with Crippen molar-refractivity contribution in [2.45, 2.75) is 16.3 Å². The quantitative estimate of drug-likeness (QED) is 0.552. The lowest BCUT2D eigenvalue weighted by Crippen LogP contribution is -2.23. The van der Waals surface area contributed by atoms with E-state index in [-0.39, 0.29) is 27.9 Å². The van der Waals surface area contributed by atoms with Gasteiger partial charge in [0.25, 0.3) is 5.91 Å². The number of amides is 1. The van der Waals surface area contributed by atoms with Gasteiger partial charge in [-0.3, -0.25) is 9.78 Å². The monoisotopic (exact) mass is 394 g/mol. The second-order valence-corrected chi connectivity index (χ2v) is 7.81. The molecule has 0 bridgehead atoms. The smallest absolute Gasteiger partial charge is 0.287 e. The third kappa shape index (κ3) is 3.47. The minimum atomic E-state index is -3.68. The number of pyridine rings is 1. The van der Waals surface area contributed by atoms with Gasteiger partial charge in [-0.1, -0.05) is 18.2 Å². The van der Waals surface area contributed by atoms with Gasteiger partial charge >= 0.3 is 0 Å². The Hall–Kier alpha value is -3.59. The van der Waals surface area contributed by atoms with Gasteiger partial charge in [0.05, 0.1) is 17.6 Å². The Kier molecular flexibility index (Phi) is 4.58. The number of sulfone groups is 1. The van der Waals surface area contributed by atoms with E-state index in [4.69, 9.17) is 4.42 Å². The molecule has 1 amide bonds. The number of nitrogens with one attached hydrogen (secondary N) is 1. The molecule has 1 N–H and O–H groups in total. The fourth-order valence-corrected chi connectivity index (χ4v) is 3.72. The molecule has 4 aromatic rings. The van der Waals surface area contributed by atoms with Crippen LogP contribution in [0.3, 0.4) is 0 Å². The highest BCUT2D eigenvalue weighted by Gasteiger charge is 2.18. The summed E-state index contributed by atoms with van der Waals surface area (Å²) in [5, 5.41) is 3.41. The van der Waals surface area contributed by atoms with Crippen molar-refractivity contribution in [1.82, 2.24) is 20.3 Å².